The molecule has 2 nitrogen and oxygen atoms in total. The Labute approximate surface area is 163 Å². The Morgan fingerprint density at radius 1 is 1.26 bits per heavy atom. The number of benzene rings is 1. The van der Waals surface area contributed by atoms with Gasteiger partial charge in [0.1, 0.15) is 0 Å². The second kappa shape index (κ2) is 5.84. The number of alkyl halides is 3. The van der Waals surface area contributed by atoms with Crippen LogP contribution in [0.2, 0.25) is 0 Å². The molecule has 3 aliphatic rings. The predicted molar refractivity (Wildman–Crippen MR) is 107 cm³/mol. The molecule has 126 valence electrons. The van der Waals surface area contributed by atoms with E-state index in [4.69, 9.17) is 0 Å². The van der Waals surface area contributed by atoms with Crippen molar-refractivity contribution in [1.29, 1.82) is 0 Å². The van der Waals surface area contributed by atoms with E-state index < -0.39 is 0 Å². The lowest BCUT2D eigenvalue weighted by Crippen LogP contribution is -2.72. The van der Waals surface area contributed by atoms with Crippen LogP contribution in [-0.4, -0.2) is 21.0 Å². The fourth-order valence-corrected chi connectivity index (χ4v) is 9.86. The summed E-state index contributed by atoms with van der Waals surface area (Å²) in [7, 11) is 0. The number of hydrogen-bond donors (Lipinski definition) is 0. The van der Waals surface area contributed by atoms with E-state index in [9.17, 15) is 4.79 Å². The van der Waals surface area contributed by atoms with Crippen molar-refractivity contribution in [2.45, 2.75) is 42.2 Å². The quantitative estimate of drug-likeness (QED) is 0.477. The number of para-hydroxylation sites is 1. The molecular weight excluding hydrogens is 486 g/mol. The van der Waals surface area contributed by atoms with Crippen molar-refractivity contribution in [2.75, 3.05) is 11.4 Å². The molecule has 0 heterocycles. The smallest absolute Gasteiger partial charge is 0.234 e. The molecule has 0 saturated heterocycles. The summed E-state index contributed by atoms with van der Waals surface area (Å²) >= 11 is 11.4. The van der Waals surface area contributed by atoms with Gasteiger partial charge in [-0.25, -0.2) is 0 Å². The lowest BCUT2D eigenvalue weighted by molar-refractivity contribution is -0.158. The van der Waals surface area contributed by atoms with Crippen LogP contribution in [0.15, 0.2) is 30.3 Å². The molecule has 3 atom stereocenters. The Morgan fingerprint density at radius 3 is 2.30 bits per heavy atom. The van der Waals surface area contributed by atoms with Gasteiger partial charge in [0.05, 0.1) is 9.15 Å². The molecule has 1 aromatic rings. The minimum absolute atomic E-state index is 0.0644. The molecule has 3 saturated carbocycles. The maximum Gasteiger partial charge on any atom is 0.234 e. The van der Waals surface area contributed by atoms with Gasteiger partial charge in [-0.05, 0) is 37.3 Å². The maximum absolute atomic E-state index is 13.6. The van der Waals surface area contributed by atoms with Gasteiger partial charge in [0, 0.05) is 22.5 Å². The minimum atomic E-state index is -0.335. The van der Waals surface area contributed by atoms with Crippen LogP contribution >= 0.6 is 47.8 Å². The average Bonchev–Trinajstić information content (AvgIpc) is 2.98. The minimum Gasteiger partial charge on any atom is -0.312 e. The van der Waals surface area contributed by atoms with Crippen LogP contribution in [-0.2, 0) is 4.79 Å². The van der Waals surface area contributed by atoms with Crippen LogP contribution in [0.4, 0.5) is 5.69 Å². The molecule has 1 aromatic carbocycles. The second-order valence-electron chi connectivity index (χ2n) is 7.18. The van der Waals surface area contributed by atoms with Gasteiger partial charge in [-0.15, -0.1) is 0 Å². The highest BCUT2D eigenvalue weighted by Gasteiger charge is 2.83. The summed E-state index contributed by atoms with van der Waals surface area (Å²) in [5.74, 6) is 0.256. The molecule has 4 rings (SSSR count). The van der Waals surface area contributed by atoms with Gasteiger partial charge in [0.15, 0.2) is 0 Å². The van der Waals surface area contributed by atoms with E-state index in [1.165, 1.54) is 0 Å². The monoisotopic (exact) mass is 505 g/mol. The second-order valence-corrected chi connectivity index (χ2v) is 11.2. The van der Waals surface area contributed by atoms with Crippen LogP contribution in [0.5, 0.6) is 0 Å². The van der Waals surface area contributed by atoms with Crippen LogP contribution < -0.4 is 4.90 Å². The third kappa shape index (κ3) is 1.99. The molecule has 23 heavy (non-hydrogen) atoms. The summed E-state index contributed by atoms with van der Waals surface area (Å²) in [5.41, 5.74) is 0.659. The van der Waals surface area contributed by atoms with Gasteiger partial charge < -0.3 is 4.90 Å². The first kappa shape index (κ1) is 17.9. The van der Waals surface area contributed by atoms with Gasteiger partial charge in [-0.1, -0.05) is 79.8 Å². The Kier molecular flexibility index (Phi) is 4.56. The molecule has 1 amide bonds. The van der Waals surface area contributed by atoms with Crippen LogP contribution in [0.1, 0.15) is 33.6 Å². The Hall–Kier alpha value is 0.130. The van der Waals surface area contributed by atoms with Crippen molar-refractivity contribution < 1.29 is 4.79 Å². The Balaban J connectivity index is 2.00. The number of nitrogens with zero attached hydrogens (tertiary/aromatic N) is 1. The first-order valence-electron chi connectivity index (χ1n) is 8.06. The SMILES string of the molecule is CCN(C(=O)C12CCC(C(Br)Br)(C1Br)C2(C)C)c1ccccc1. The number of anilines is 1. The molecule has 0 N–H and O–H groups in total. The van der Waals surface area contributed by atoms with Gasteiger partial charge in [-0.3, -0.25) is 4.79 Å². The first-order valence-corrected chi connectivity index (χ1v) is 10.8. The van der Waals surface area contributed by atoms with E-state index in [1.807, 2.05) is 35.2 Å². The third-order valence-corrected chi connectivity index (χ3v) is 9.73. The molecule has 0 aromatic heterocycles. The molecule has 3 fully saturated rings. The highest BCUT2D eigenvalue weighted by atomic mass is 79.9. The average molecular weight is 508 g/mol. The van der Waals surface area contributed by atoms with Crippen molar-refractivity contribution in [3.05, 3.63) is 30.3 Å². The summed E-state index contributed by atoms with van der Waals surface area (Å²) in [6.07, 6.45) is 1.99. The highest BCUT2D eigenvalue weighted by molar-refractivity contribution is 9.24. The zero-order chi connectivity index (χ0) is 17.0. The molecule has 0 radical (unpaired) electrons. The summed E-state index contributed by atoms with van der Waals surface area (Å²) in [6.45, 7) is 7.25. The van der Waals surface area contributed by atoms with E-state index >= 15 is 0 Å². The number of carbonyl (C=O) groups is 1. The molecule has 0 aliphatic heterocycles. The fourth-order valence-electron chi connectivity index (χ4n) is 4.96. The Morgan fingerprint density at radius 2 is 1.87 bits per heavy atom. The summed E-state index contributed by atoms with van der Waals surface area (Å²) in [6, 6.07) is 10.0. The van der Waals surface area contributed by atoms with Crippen LogP contribution in [0.25, 0.3) is 0 Å². The number of carbonyl (C=O) groups excluding carboxylic acids is 1. The number of amides is 1. The van der Waals surface area contributed by atoms with Gasteiger partial charge in [-0.2, -0.15) is 0 Å². The molecule has 0 spiro atoms. The van der Waals surface area contributed by atoms with Crippen molar-refractivity contribution >= 4 is 59.4 Å². The van der Waals surface area contributed by atoms with Crippen molar-refractivity contribution in [3.8, 4) is 0 Å². The predicted octanol–water partition coefficient (Wildman–Crippen LogP) is 5.73. The lowest BCUT2D eigenvalue weighted by Gasteiger charge is -2.66. The van der Waals surface area contributed by atoms with Crippen LogP contribution in [0, 0.1) is 16.2 Å². The van der Waals surface area contributed by atoms with E-state index in [1.54, 1.807) is 0 Å². The highest BCUT2D eigenvalue weighted by Crippen LogP contribution is 2.82. The summed E-state index contributed by atoms with van der Waals surface area (Å²) in [4.78, 5) is 15.7. The van der Waals surface area contributed by atoms with Crippen LogP contribution in [0.3, 0.4) is 0 Å². The lowest BCUT2D eigenvalue weighted by atomic mass is 9.43. The zero-order valence-electron chi connectivity index (χ0n) is 13.7. The summed E-state index contributed by atoms with van der Waals surface area (Å²) in [5, 5.41) is 0. The van der Waals surface area contributed by atoms with Gasteiger partial charge in [0.2, 0.25) is 5.91 Å². The molecule has 3 aliphatic carbocycles. The molecule has 2 bridgehead atoms. The third-order valence-electron chi connectivity index (χ3n) is 6.50. The standard InChI is InChI=1S/C18H22Br3NO/c1-4-22(12-8-6-5-7-9-12)15(23)18-11-10-17(13(18)19,14(20)21)16(18,2)3/h5-9,13-14H,4,10-11H2,1-3H3. The number of halogens is 3. The van der Waals surface area contributed by atoms with Crippen molar-refractivity contribution in [1.82, 2.24) is 0 Å². The zero-order valence-corrected chi connectivity index (χ0v) is 18.4. The number of fused-ring (bicyclic) bond motifs is 1. The Bertz CT molecular complexity index is 618. The topological polar surface area (TPSA) is 20.3 Å². The van der Waals surface area contributed by atoms with E-state index in [0.717, 1.165) is 18.5 Å². The fraction of sp³-hybridized carbons (Fsp3) is 0.611. The van der Waals surface area contributed by atoms with E-state index in [0.29, 0.717) is 6.54 Å². The number of hydrogen-bond acceptors (Lipinski definition) is 1. The van der Waals surface area contributed by atoms with E-state index in [2.05, 4.69) is 68.6 Å². The maximum atomic E-state index is 13.6. The normalized spacial score (nSPS) is 34.3. The van der Waals surface area contributed by atoms with Crippen molar-refractivity contribution in [3.63, 3.8) is 0 Å². The summed E-state index contributed by atoms with van der Waals surface area (Å²) < 4.78 is 0.206. The van der Waals surface area contributed by atoms with E-state index in [-0.39, 0.29) is 30.7 Å². The molecule has 5 heteroatoms. The molecule has 3 unspecified atom stereocenters. The largest absolute Gasteiger partial charge is 0.312 e. The number of rotatable bonds is 4. The first-order chi connectivity index (χ1) is 10.8. The van der Waals surface area contributed by atoms with Gasteiger partial charge >= 0.3 is 0 Å². The molecular formula is C18H22Br3NO. The van der Waals surface area contributed by atoms with Crippen molar-refractivity contribution in [2.24, 2.45) is 16.2 Å². The van der Waals surface area contributed by atoms with Gasteiger partial charge in [0.25, 0.3) is 0 Å².